The van der Waals surface area contributed by atoms with Gasteiger partial charge < -0.3 is 25.4 Å². The van der Waals surface area contributed by atoms with E-state index in [1.807, 2.05) is 12.2 Å². The molecule has 0 aromatic heterocycles. The van der Waals surface area contributed by atoms with Crippen molar-refractivity contribution in [2.75, 3.05) is 26.0 Å². The Morgan fingerprint density at radius 3 is 2.56 bits per heavy atom. The number of carbonyl (C=O) groups excluding carboxylic acids is 2. The molecule has 1 aliphatic carbocycles. The molecule has 0 fully saturated rings. The van der Waals surface area contributed by atoms with Gasteiger partial charge in [0.2, 0.25) is 5.91 Å². The second kappa shape index (κ2) is 11.5. The summed E-state index contributed by atoms with van der Waals surface area (Å²) in [6.07, 6.45) is 9.89. The highest BCUT2D eigenvalue weighted by atomic mass is 16.5. The number of anilines is 1. The SMILES string of the molecule is CN[C@@H](C)C(=O)Nc1ccc(Oc2ccc(OC)cc2)c(C(=O)NCC2=CCC(C3=CC=CC3)=N2)c1. The molecule has 4 rings (SSSR count). The number of hydrogen-bond donors (Lipinski definition) is 3. The molecule has 8 nitrogen and oxygen atoms in total. The molecule has 2 amide bonds. The van der Waals surface area contributed by atoms with Crippen molar-refractivity contribution in [3.8, 4) is 17.2 Å². The minimum atomic E-state index is -0.385. The van der Waals surface area contributed by atoms with Crippen LogP contribution in [0.25, 0.3) is 0 Å². The Bertz CT molecular complexity index is 1260. The van der Waals surface area contributed by atoms with Crippen molar-refractivity contribution in [3.63, 3.8) is 0 Å². The lowest BCUT2D eigenvalue weighted by Gasteiger charge is -2.15. The maximum atomic E-state index is 13.2. The zero-order valence-corrected chi connectivity index (χ0v) is 20.6. The fourth-order valence-electron chi connectivity index (χ4n) is 3.75. The molecule has 2 aromatic rings. The molecule has 8 heteroatoms. The number of rotatable bonds is 10. The number of ether oxygens (including phenoxy) is 2. The lowest BCUT2D eigenvalue weighted by Crippen LogP contribution is -2.35. The van der Waals surface area contributed by atoms with E-state index in [1.165, 1.54) is 5.57 Å². The van der Waals surface area contributed by atoms with Crippen LogP contribution in [-0.4, -0.2) is 44.3 Å². The van der Waals surface area contributed by atoms with Crippen molar-refractivity contribution in [2.45, 2.75) is 25.8 Å². The molecular weight excluding hydrogens is 456 g/mol. The van der Waals surface area contributed by atoms with E-state index in [1.54, 1.807) is 63.5 Å². The fraction of sp³-hybridized carbons (Fsp3) is 0.250. The molecule has 2 aliphatic rings. The topological polar surface area (TPSA) is 101 Å². The highest BCUT2D eigenvalue weighted by molar-refractivity contribution is 6.04. The largest absolute Gasteiger partial charge is 0.497 e. The van der Waals surface area contributed by atoms with Gasteiger partial charge in [0.05, 0.1) is 31.0 Å². The molecule has 186 valence electrons. The number of nitrogens with zero attached hydrogens (tertiary/aromatic N) is 1. The molecule has 0 bridgehead atoms. The minimum absolute atomic E-state index is 0.207. The van der Waals surface area contributed by atoms with Crippen LogP contribution in [0.1, 0.15) is 30.1 Å². The Kier molecular flexibility index (Phi) is 7.97. The first-order valence-electron chi connectivity index (χ1n) is 11.8. The van der Waals surface area contributed by atoms with E-state index < -0.39 is 0 Å². The van der Waals surface area contributed by atoms with Crippen LogP contribution in [0.15, 0.2) is 83.0 Å². The summed E-state index contributed by atoms with van der Waals surface area (Å²) in [4.78, 5) is 30.3. The molecule has 0 radical (unpaired) electrons. The van der Waals surface area contributed by atoms with E-state index in [2.05, 4.69) is 33.1 Å². The number of benzene rings is 2. The van der Waals surface area contributed by atoms with Crippen LogP contribution in [0.2, 0.25) is 0 Å². The Morgan fingerprint density at radius 1 is 1.08 bits per heavy atom. The first-order chi connectivity index (χ1) is 17.5. The number of nitrogens with one attached hydrogen (secondary N) is 3. The van der Waals surface area contributed by atoms with Gasteiger partial charge in [-0.2, -0.15) is 0 Å². The van der Waals surface area contributed by atoms with Crippen LogP contribution < -0.4 is 25.4 Å². The number of carbonyl (C=O) groups is 2. The highest BCUT2D eigenvalue weighted by Gasteiger charge is 2.19. The number of aliphatic imine (C=N–C) groups is 1. The maximum absolute atomic E-state index is 13.2. The second-order valence-corrected chi connectivity index (χ2v) is 8.45. The zero-order valence-electron chi connectivity index (χ0n) is 20.6. The molecule has 2 aromatic carbocycles. The molecule has 1 atom stereocenters. The third-order valence-corrected chi connectivity index (χ3v) is 5.99. The smallest absolute Gasteiger partial charge is 0.255 e. The lowest BCUT2D eigenvalue weighted by molar-refractivity contribution is -0.117. The highest BCUT2D eigenvalue weighted by Crippen LogP contribution is 2.29. The van der Waals surface area contributed by atoms with E-state index in [4.69, 9.17) is 9.47 Å². The summed E-state index contributed by atoms with van der Waals surface area (Å²) in [6.45, 7) is 2.05. The van der Waals surface area contributed by atoms with Crippen molar-refractivity contribution in [1.29, 1.82) is 0 Å². The van der Waals surface area contributed by atoms with Crippen LogP contribution in [0.5, 0.6) is 17.2 Å². The van der Waals surface area contributed by atoms with Crippen LogP contribution in [0.4, 0.5) is 5.69 Å². The Balaban J connectivity index is 1.51. The summed E-state index contributed by atoms with van der Waals surface area (Å²) >= 11 is 0. The summed E-state index contributed by atoms with van der Waals surface area (Å²) < 4.78 is 11.2. The van der Waals surface area contributed by atoms with Crippen molar-refractivity contribution in [2.24, 2.45) is 4.99 Å². The van der Waals surface area contributed by atoms with Gasteiger partial charge in [-0.3, -0.25) is 14.6 Å². The molecule has 3 N–H and O–H groups in total. The summed E-state index contributed by atoms with van der Waals surface area (Å²) in [6, 6.07) is 11.7. The molecule has 0 saturated heterocycles. The molecule has 36 heavy (non-hydrogen) atoms. The van der Waals surface area contributed by atoms with Crippen LogP contribution in [-0.2, 0) is 4.79 Å². The van der Waals surface area contributed by atoms with Gasteiger partial charge in [0.15, 0.2) is 0 Å². The van der Waals surface area contributed by atoms with Gasteiger partial charge in [-0.1, -0.05) is 24.3 Å². The van der Waals surface area contributed by atoms with Gasteiger partial charge in [-0.05, 0) is 68.4 Å². The number of methoxy groups -OCH3 is 1. The summed E-state index contributed by atoms with van der Waals surface area (Å²) in [5, 5.41) is 8.66. The average molecular weight is 487 g/mol. The monoisotopic (exact) mass is 486 g/mol. The van der Waals surface area contributed by atoms with E-state index in [0.717, 1.165) is 24.3 Å². The minimum Gasteiger partial charge on any atom is -0.497 e. The predicted molar refractivity (Wildman–Crippen MR) is 141 cm³/mol. The van der Waals surface area contributed by atoms with Gasteiger partial charge in [-0.25, -0.2) is 0 Å². The molecule has 0 unspecified atom stereocenters. The van der Waals surface area contributed by atoms with Gasteiger partial charge >= 0.3 is 0 Å². The number of allylic oxidation sites excluding steroid dienone is 5. The summed E-state index contributed by atoms with van der Waals surface area (Å²) in [7, 11) is 3.30. The normalized spacial score (nSPS) is 15.0. The Hall–Kier alpha value is -4.17. The third kappa shape index (κ3) is 6.09. The molecule has 0 saturated carbocycles. The molecular formula is C28H30N4O4. The number of hydrogen-bond acceptors (Lipinski definition) is 6. The first kappa shape index (κ1) is 24.9. The van der Waals surface area contributed by atoms with Crippen molar-refractivity contribution in [1.82, 2.24) is 10.6 Å². The maximum Gasteiger partial charge on any atom is 0.255 e. The molecule has 0 spiro atoms. The van der Waals surface area contributed by atoms with Gasteiger partial charge in [-0.15, -0.1) is 0 Å². The Morgan fingerprint density at radius 2 is 1.86 bits per heavy atom. The first-order valence-corrected chi connectivity index (χ1v) is 11.8. The van der Waals surface area contributed by atoms with Gasteiger partial charge in [0, 0.05) is 17.8 Å². The van der Waals surface area contributed by atoms with Crippen LogP contribution >= 0.6 is 0 Å². The molecule has 1 heterocycles. The summed E-state index contributed by atoms with van der Waals surface area (Å²) in [5.74, 6) is 1.08. The third-order valence-electron chi connectivity index (χ3n) is 5.99. The van der Waals surface area contributed by atoms with E-state index in [0.29, 0.717) is 35.0 Å². The van der Waals surface area contributed by atoms with E-state index in [-0.39, 0.29) is 17.9 Å². The fourth-order valence-corrected chi connectivity index (χ4v) is 3.75. The van der Waals surface area contributed by atoms with Crippen LogP contribution in [0, 0.1) is 0 Å². The number of likely N-dealkylation sites (N-methyl/N-ethyl adjacent to an activating group) is 1. The van der Waals surface area contributed by atoms with Crippen LogP contribution in [0.3, 0.4) is 0 Å². The zero-order chi connectivity index (χ0) is 25.5. The van der Waals surface area contributed by atoms with E-state index >= 15 is 0 Å². The van der Waals surface area contributed by atoms with Gasteiger partial charge in [0.25, 0.3) is 5.91 Å². The predicted octanol–water partition coefficient (Wildman–Crippen LogP) is 4.38. The number of amides is 2. The van der Waals surface area contributed by atoms with Crippen molar-refractivity contribution >= 4 is 23.2 Å². The average Bonchev–Trinajstić information content (AvgIpc) is 3.60. The second-order valence-electron chi connectivity index (χ2n) is 8.45. The summed E-state index contributed by atoms with van der Waals surface area (Å²) in [5.41, 5.74) is 3.86. The lowest BCUT2D eigenvalue weighted by atomic mass is 10.1. The quantitative estimate of drug-likeness (QED) is 0.463. The standard InChI is InChI=1S/C28H30N4O4/c1-18(29-2)27(33)32-20-9-15-26(36-23-12-10-22(35-3)11-13-23)24(16-20)28(34)30-17-21-8-14-25(31-21)19-6-4-5-7-19/h4-6,8-13,15-16,18,29H,7,14,17H2,1-3H3,(H,30,34)(H,32,33)/t18-/m0/s1. The van der Waals surface area contributed by atoms with E-state index in [9.17, 15) is 9.59 Å². The van der Waals surface area contributed by atoms with Gasteiger partial charge in [0.1, 0.15) is 17.2 Å². The molecule has 1 aliphatic heterocycles. The Labute approximate surface area is 210 Å². The van der Waals surface area contributed by atoms with Crippen molar-refractivity contribution < 1.29 is 19.1 Å². The van der Waals surface area contributed by atoms with Crippen molar-refractivity contribution in [3.05, 3.63) is 83.6 Å².